The van der Waals surface area contributed by atoms with Gasteiger partial charge >= 0.3 is 11.9 Å². The molecule has 0 unspecified atom stereocenters. The van der Waals surface area contributed by atoms with Crippen LogP contribution in [-0.4, -0.2) is 324 Å². The number of hydrogen-bond donors (Lipinski definition) is 19. The number of phenols is 1. The van der Waals surface area contributed by atoms with E-state index in [-0.39, 0.29) is 57.2 Å². The predicted molar refractivity (Wildman–Crippen MR) is 473 cm³/mol. The van der Waals surface area contributed by atoms with Gasteiger partial charge in [-0.05, 0) is 116 Å². The van der Waals surface area contributed by atoms with Gasteiger partial charge in [0, 0.05) is 107 Å². The summed E-state index contributed by atoms with van der Waals surface area (Å²) in [5.41, 5.74) is 19.7. The van der Waals surface area contributed by atoms with Crippen molar-refractivity contribution >= 4 is 151 Å². The molecule has 42 nitrogen and oxygen atoms in total. The number of carboxylic acids is 2. The third kappa shape index (κ3) is 27.5. The minimum atomic E-state index is -1.94. The maximum Gasteiger partial charge on any atom is 0.305 e. The summed E-state index contributed by atoms with van der Waals surface area (Å²) >= 11 is 2.07. The molecule has 9 rings (SSSR count). The molecule has 22 N–H and O–H groups in total. The van der Waals surface area contributed by atoms with Gasteiger partial charge in [-0.3, -0.25) is 86.3 Å². The van der Waals surface area contributed by atoms with Crippen molar-refractivity contribution in [2.24, 2.45) is 17.2 Å². The zero-order valence-corrected chi connectivity index (χ0v) is 74.1. The summed E-state index contributed by atoms with van der Waals surface area (Å²) in [6.07, 6.45) is 2.94. The number of hydrogen-bond acceptors (Lipinski definition) is 25. The highest BCUT2D eigenvalue weighted by atomic mass is 32.2. The first-order chi connectivity index (χ1) is 62.0. The number of likely N-dealkylation sites (N-methyl/N-ethyl adjacent to an activating group) is 3. The van der Waals surface area contributed by atoms with Crippen LogP contribution in [-0.2, 0) is 106 Å². The van der Waals surface area contributed by atoms with Gasteiger partial charge in [0.05, 0.1) is 31.4 Å². The van der Waals surface area contributed by atoms with Crippen LogP contribution in [0.25, 0.3) is 21.0 Å². The van der Waals surface area contributed by atoms with E-state index in [1.54, 1.807) is 54.0 Å². The Balaban J connectivity index is 1.08. The number of allylic oxidation sites excluding steroid dienone is 2. The van der Waals surface area contributed by atoms with E-state index >= 15 is 33.6 Å². The highest BCUT2D eigenvalue weighted by molar-refractivity contribution is 8.00. The van der Waals surface area contributed by atoms with E-state index in [2.05, 4.69) is 58.2 Å². The number of H-pyrrole nitrogens is 1. The van der Waals surface area contributed by atoms with Crippen LogP contribution in [0.3, 0.4) is 0 Å². The van der Waals surface area contributed by atoms with Crippen LogP contribution >= 0.6 is 23.1 Å². The van der Waals surface area contributed by atoms with Crippen LogP contribution in [0.2, 0.25) is 0 Å². The molecule has 4 aliphatic heterocycles. The number of primary amides is 1. The van der Waals surface area contributed by atoms with E-state index in [1.165, 1.54) is 56.6 Å². The Morgan fingerprint density at radius 1 is 0.523 bits per heavy atom. The number of benzene rings is 3. The van der Waals surface area contributed by atoms with Crippen molar-refractivity contribution in [1.82, 2.24) is 82.7 Å². The molecule has 704 valence electrons. The zero-order chi connectivity index (χ0) is 94.7. The highest BCUT2D eigenvalue weighted by Crippen LogP contribution is 2.30. The predicted octanol–water partition coefficient (Wildman–Crippen LogP) is -3.78. The maximum absolute atomic E-state index is 15.7. The molecule has 3 saturated heterocycles. The van der Waals surface area contributed by atoms with Crippen molar-refractivity contribution in [2.45, 2.75) is 207 Å². The Labute approximate surface area is 756 Å². The van der Waals surface area contributed by atoms with Crippen LogP contribution in [0.15, 0.2) is 96.5 Å². The average Bonchev–Trinajstić information content (AvgIpc) is 1.70. The summed E-state index contributed by atoms with van der Waals surface area (Å²) in [6.45, 7) is -2.80. The van der Waals surface area contributed by atoms with Crippen LogP contribution < -0.4 is 70.4 Å². The molecular weight excluding hydrogens is 1730 g/mol. The molecule has 0 spiro atoms. The summed E-state index contributed by atoms with van der Waals surface area (Å²) in [5, 5.41) is 80.9. The molecule has 130 heavy (non-hydrogen) atoms. The molecule has 0 saturated carbocycles. The molecule has 15 atom stereocenters. The Morgan fingerprint density at radius 3 is 1.72 bits per heavy atom. The smallest absolute Gasteiger partial charge is 0.305 e. The van der Waals surface area contributed by atoms with E-state index in [4.69, 9.17) is 17.2 Å². The molecule has 0 radical (unpaired) electrons. The lowest BCUT2D eigenvalue weighted by Gasteiger charge is -2.36. The first-order valence-corrected chi connectivity index (χ1v) is 44.9. The van der Waals surface area contributed by atoms with E-state index in [0.717, 1.165) is 48.0 Å². The van der Waals surface area contributed by atoms with Gasteiger partial charge in [-0.1, -0.05) is 73.5 Å². The number of carbonyl (C=O) groups excluding carboxylic acids is 16. The van der Waals surface area contributed by atoms with E-state index in [9.17, 15) is 78.3 Å². The van der Waals surface area contributed by atoms with Gasteiger partial charge in [-0.15, -0.1) is 23.1 Å². The van der Waals surface area contributed by atoms with Crippen molar-refractivity contribution < 1.29 is 112 Å². The lowest BCUT2D eigenvalue weighted by atomic mass is 9.99. The average molecular weight is 1850 g/mol. The third-order valence-electron chi connectivity index (χ3n) is 23.3. The molecule has 5 aromatic rings. The number of carbonyl (C=O) groups is 18. The Morgan fingerprint density at radius 2 is 1.06 bits per heavy atom. The fourth-order valence-electron chi connectivity index (χ4n) is 16.0. The van der Waals surface area contributed by atoms with Gasteiger partial charge in [-0.25, -0.2) is 0 Å². The number of aliphatic carboxylic acids is 2. The van der Waals surface area contributed by atoms with Crippen molar-refractivity contribution in [1.29, 1.82) is 0 Å². The fourth-order valence-corrected chi connectivity index (χ4v) is 17.8. The number of fused-ring (bicyclic) bond motifs is 7. The molecule has 3 fully saturated rings. The number of carboxylic acid groups (broad SMARTS) is 2. The van der Waals surface area contributed by atoms with Crippen LogP contribution in [0, 0.1) is 0 Å². The number of para-hydroxylation sites is 1. The Hall–Kier alpha value is -12.7. The van der Waals surface area contributed by atoms with Crippen molar-refractivity contribution in [3.05, 3.63) is 113 Å². The summed E-state index contributed by atoms with van der Waals surface area (Å²) in [4.78, 5) is 267. The molecule has 44 heteroatoms. The van der Waals surface area contributed by atoms with Crippen LogP contribution in [0.4, 0.5) is 0 Å². The van der Waals surface area contributed by atoms with Crippen molar-refractivity contribution in [3.63, 3.8) is 0 Å². The summed E-state index contributed by atoms with van der Waals surface area (Å²) in [7, 11) is 3.84. The first kappa shape index (κ1) is 101. The number of thiophene rings is 1. The number of nitrogens with two attached hydrogens (primary N) is 3. The van der Waals surface area contributed by atoms with Gasteiger partial charge in [0.25, 0.3) is 0 Å². The topological polar surface area (TPSA) is 639 Å². The lowest BCUT2D eigenvalue weighted by molar-refractivity contribution is -0.149. The standard InChI is InChI=1S/C86H115N19O23S2/c1-46-73(115)95-59(36-72(113)114)85(127)104-31-17-23-65(104)80(122)98-60(37-87)76(118)93-55(29-30-71(111)112)84(126)105-41-51(108)35-67(105)81(123)94-56(33-48-39-90-54-20-15-13-18-52(48)54)75(117)99-62(42-106)78(120)96-58(34-49-43-130-68-24-16-14-19-53(49)68)83(125)103(4)66-22-12-10-8-6-5-7-9-11-21-64(102(3)86(66)128)79(121)97-61(38-88)77(119)100-63(74(116)91-40-69(89)109)44-129-45-70(110)92-57(82(124)101(46)2)32-47-25-27-50(107)28-26-47/h5-6,13-16,18-20,24-28,39,43,46,51,55-67,90,106-108H,7-12,17,21-23,29-38,40-42,44-45,87-88H2,1-4H3,(H2,89,109)(H,91,116)(H,92,110)(H,93,118)(H,94,123)(H,95,115)(H,96,120)(H,97,121)(H,98,122)(H,99,117)(H,100,119)(H,111,112)(H,113,114)/b6-5-/t46-,51+,55-,56-,57-,58-,59-,60-,61-,62-,63-,64-,65-,66-,67-/m0/s1. The summed E-state index contributed by atoms with van der Waals surface area (Å²) in [5.74, 6) is -20.5. The van der Waals surface area contributed by atoms with Gasteiger partial charge in [0.15, 0.2) is 0 Å². The zero-order valence-electron chi connectivity index (χ0n) is 72.4. The number of aromatic hydroxyl groups is 1. The molecule has 3 aromatic carbocycles. The van der Waals surface area contributed by atoms with E-state index in [0.29, 0.717) is 71.5 Å². The Kier molecular flexibility index (Phi) is 37.4. The van der Waals surface area contributed by atoms with Gasteiger partial charge < -0.3 is 125 Å². The van der Waals surface area contributed by atoms with Crippen molar-refractivity contribution in [3.8, 4) is 5.75 Å². The van der Waals surface area contributed by atoms with Gasteiger partial charge in [0.1, 0.15) is 90.3 Å². The number of phenolic OH excluding ortho intramolecular Hbond substituents is 1. The number of aliphatic hydroxyl groups excluding tert-OH is 2. The number of nitrogens with one attached hydrogen (secondary N) is 11. The van der Waals surface area contributed by atoms with Crippen LogP contribution in [0.5, 0.6) is 5.75 Å². The van der Waals surface area contributed by atoms with Gasteiger partial charge in [-0.2, -0.15) is 0 Å². The molecule has 2 bridgehead atoms. The van der Waals surface area contributed by atoms with E-state index in [1.807, 2.05) is 18.2 Å². The SMILES string of the molecule is C[C@H]1C(=O)N[C@@H](CC(=O)O)C(=O)N2CCC[C@H]2C(=O)N[C@@H](CN)C(=O)N[C@@H](CCC(=O)O)C(=O)N2C[C@H](O)C[C@H]2C(=O)N[C@@H](Cc2c[nH]c3ccccc23)C(=O)N[C@@H](CO)C(=O)N[C@@H](Cc2csc3ccccc23)C(=O)N(C)[C@H]2CCCC/C=C\CCCC[C@@H](C(=O)N[C@@H](CN)C(=O)N[C@H](C(=O)NCC(N)=O)CSCC(=O)N[C@@H](Cc3ccc(O)cc3)C(=O)N1C)N(C)C2=O. The Bertz CT molecular complexity index is 4990. The minimum absolute atomic E-state index is 0.0104. The largest absolute Gasteiger partial charge is 0.508 e. The number of amides is 16. The highest BCUT2D eigenvalue weighted by Gasteiger charge is 2.47. The minimum Gasteiger partial charge on any atom is -0.508 e. The normalized spacial score (nSPS) is 26.4. The number of rotatable bonds is 17. The maximum atomic E-state index is 15.7. The molecule has 4 aliphatic rings. The van der Waals surface area contributed by atoms with Crippen LogP contribution in [0.1, 0.15) is 114 Å². The lowest BCUT2D eigenvalue weighted by Crippen LogP contribution is -2.62. The second kappa shape index (κ2) is 48.1. The summed E-state index contributed by atoms with van der Waals surface area (Å²) < 4.78 is 0.797. The fraction of sp³-hybridized carbons (Fsp3) is 0.512. The van der Waals surface area contributed by atoms with Crippen molar-refractivity contribution in [2.75, 3.05) is 72.0 Å². The summed E-state index contributed by atoms with van der Waals surface area (Å²) in [6, 6.07) is -3.63. The number of aromatic amines is 1. The van der Waals surface area contributed by atoms with E-state index < -0.39 is 267 Å². The molecular formula is C86H115N19O23S2. The number of aromatic nitrogens is 1. The second-order valence-electron chi connectivity index (χ2n) is 32.6. The quantitative estimate of drug-likeness (QED) is 0.0397. The molecule has 0 aliphatic carbocycles. The molecule has 6 heterocycles. The third-order valence-corrected chi connectivity index (χ3v) is 25.4. The number of aliphatic hydroxyl groups is 2. The molecule has 16 amide bonds. The number of thioether (sulfide) groups is 1. The first-order valence-electron chi connectivity index (χ1n) is 42.8. The second-order valence-corrected chi connectivity index (χ2v) is 34.5. The van der Waals surface area contributed by atoms with Gasteiger partial charge in [0.2, 0.25) is 94.5 Å². The monoisotopic (exact) mass is 1850 g/mol. The number of nitrogens with zero attached hydrogens (tertiary/aromatic N) is 5. The molecule has 2 aromatic heterocycles.